The van der Waals surface area contributed by atoms with Crippen LogP contribution in [0.25, 0.3) is 11.1 Å². The second-order valence-electron chi connectivity index (χ2n) is 6.86. The number of carbonyl (C=O) groups is 1. The summed E-state index contributed by atoms with van der Waals surface area (Å²) in [4.78, 5) is 10.8. The molecule has 0 N–H and O–H groups in total. The van der Waals surface area contributed by atoms with Crippen molar-refractivity contribution in [2.45, 2.75) is 18.8 Å². The number of rotatable bonds is 6. The maximum absolute atomic E-state index is 10.8. The fourth-order valence-electron chi connectivity index (χ4n) is 3.95. The Hall–Kier alpha value is -3.07. The molecule has 0 aliphatic heterocycles. The van der Waals surface area contributed by atoms with Crippen molar-refractivity contribution in [2.75, 3.05) is 14.2 Å². The van der Waals surface area contributed by atoms with Gasteiger partial charge < -0.3 is 9.47 Å². The van der Waals surface area contributed by atoms with Crippen molar-refractivity contribution in [2.24, 2.45) is 0 Å². The average Bonchev–Trinajstić information content (AvgIpc) is 3.04. The van der Waals surface area contributed by atoms with E-state index >= 15 is 0 Å². The van der Waals surface area contributed by atoms with Gasteiger partial charge in [-0.2, -0.15) is 0 Å². The van der Waals surface area contributed by atoms with Gasteiger partial charge in [0.15, 0.2) is 0 Å². The minimum absolute atomic E-state index is 0.345. The Morgan fingerprint density at radius 2 is 1.37 bits per heavy atom. The van der Waals surface area contributed by atoms with Crippen molar-refractivity contribution in [1.29, 1.82) is 0 Å². The number of methoxy groups -OCH3 is 2. The largest absolute Gasteiger partial charge is 0.497 e. The van der Waals surface area contributed by atoms with Crippen LogP contribution in [0.5, 0.6) is 11.5 Å². The van der Waals surface area contributed by atoms with Crippen molar-refractivity contribution < 1.29 is 14.3 Å². The van der Waals surface area contributed by atoms with Gasteiger partial charge in [0.25, 0.3) is 0 Å². The standard InChI is InChI=1S/C24H22O3/c1-26-18-8-11-21-20(10-7-16-3-5-17(15-25)6-4-16)22-12-9-19(27-2)14-24(22)23(21)13-18/h3-6,8-9,11-15,20H,7,10H2,1-2H3. The third-order valence-corrected chi connectivity index (χ3v) is 5.40. The number of ether oxygens (including phenoxy) is 2. The number of aldehydes is 1. The second kappa shape index (κ2) is 7.28. The highest BCUT2D eigenvalue weighted by atomic mass is 16.5. The number of benzene rings is 3. The lowest BCUT2D eigenvalue weighted by atomic mass is 9.90. The molecular weight excluding hydrogens is 336 g/mol. The minimum Gasteiger partial charge on any atom is -0.497 e. The number of aryl methyl sites for hydroxylation is 1. The third-order valence-electron chi connectivity index (χ3n) is 5.40. The molecule has 0 bridgehead atoms. The zero-order chi connectivity index (χ0) is 18.8. The molecule has 0 saturated heterocycles. The summed E-state index contributed by atoms with van der Waals surface area (Å²) in [6.45, 7) is 0. The molecule has 0 saturated carbocycles. The van der Waals surface area contributed by atoms with E-state index in [0.717, 1.165) is 36.2 Å². The lowest BCUT2D eigenvalue weighted by Gasteiger charge is -2.14. The molecule has 0 spiro atoms. The summed E-state index contributed by atoms with van der Waals surface area (Å²) in [5, 5.41) is 0. The topological polar surface area (TPSA) is 35.5 Å². The fraction of sp³-hybridized carbons (Fsp3) is 0.208. The van der Waals surface area contributed by atoms with Crippen molar-refractivity contribution in [3.63, 3.8) is 0 Å². The summed E-state index contributed by atoms with van der Waals surface area (Å²) in [7, 11) is 3.40. The van der Waals surface area contributed by atoms with Crippen LogP contribution in [0.1, 0.15) is 39.4 Å². The molecule has 0 amide bonds. The van der Waals surface area contributed by atoms with Gasteiger partial charge >= 0.3 is 0 Å². The molecule has 136 valence electrons. The molecule has 27 heavy (non-hydrogen) atoms. The molecule has 1 aliphatic carbocycles. The summed E-state index contributed by atoms with van der Waals surface area (Å²) >= 11 is 0. The Labute approximate surface area is 159 Å². The molecule has 3 heteroatoms. The van der Waals surface area contributed by atoms with Crippen LogP contribution in [0.2, 0.25) is 0 Å². The number of fused-ring (bicyclic) bond motifs is 3. The van der Waals surface area contributed by atoms with Crippen molar-refractivity contribution in [3.05, 3.63) is 82.9 Å². The van der Waals surface area contributed by atoms with Crippen LogP contribution in [-0.4, -0.2) is 20.5 Å². The first-order chi connectivity index (χ1) is 13.2. The monoisotopic (exact) mass is 358 g/mol. The van der Waals surface area contributed by atoms with E-state index in [-0.39, 0.29) is 0 Å². The van der Waals surface area contributed by atoms with Crippen molar-refractivity contribution in [1.82, 2.24) is 0 Å². The Morgan fingerprint density at radius 3 is 1.85 bits per heavy atom. The Morgan fingerprint density at radius 1 is 0.815 bits per heavy atom. The first-order valence-corrected chi connectivity index (χ1v) is 9.14. The molecule has 4 rings (SSSR count). The van der Waals surface area contributed by atoms with E-state index in [1.807, 2.05) is 36.4 Å². The molecule has 0 aromatic heterocycles. The van der Waals surface area contributed by atoms with E-state index in [1.54, 1.807) is 14.2 Å². The van der Waals surface area contributed by atoms with Crippen molar-refractivity contribution in [3.8, 4) is 22.6 Å². The zero-order valence-electron chi connectivity index (χ0n) is 15.6. The van der Waals surface area contributed by atoms with Crippen molar-refractivity contribution >= 4 is 6.29 Å². The van der Waals surface area contributed by atoms with Gasteiger partial charge in [0.2, 0.25) is 0 Å². The van der Waals surface area contributed by atoms with Crippen LogP contribution in [0.3, 0.4) is 0 Å². The maximum atomic E-state index is 10.8. The normalized spacial score (nSPS) is 12.4. The van der Waals surface area contributed by atoms with E-state index in [0.29, 0.717) is 5.92 Å². The molecule has 0 unspecified atom stereocenters. The van der Waals surface area contributed by atoms with Gasteiger partial charge in [0, 0.05) is 11.5 Å². The Kier molecular flexibility index (Phi) is 4.68. The van der Waals surface area contributed by atoms with Crippen LogP contribution >= 0.6 is 0 Å². The predicted molar refractivity (Wildman–Crippen MR) is 107 cm³/mol. The molecule has 3 aromatic carbocycles. The number of carbonyl (C=O) groups excluding carboxylic acids is 1. The lowest BCUT2D eigenvalue weighted by molar-refractivity contribution is 0.112. The Bertz CT molecular complexity index is 920. The lowest BCUT2D eigenvalue weighted by Crippen LogP contribution is -2.00. The molecule has 0 radical (unpaired) electrons. The maximum Gasteiger partial charge on any atom is 0.150 e. The first kappa shape index (κ1) is 17.3. The summed E-state index contributed by atoms with van der Waals surface area (Å²) in [6, 6.07) is 20.5. The summed E-state index contributed by atoms with van der Waals surface area (Å²) in [5.74, 6) is 2.08. The van der Waals surface area contributed by atoms with Gasteiger partial charge in [-0.15, -0.1) is 0 Å². The van der Waals surface area contributed by atoms with Gasteiger partial charge in [-0.25, -0.2) is 0 Å². The fourth-order valence-corrected chi connectivity index (χ4v) is 3.95. The molecule has 0 heterocycles. The Balaban J connectivity index is 1.67. The average molecular weight is 358 g/mol. The highest BCUT2D eigenvalue weighted by Gasteiger charge is 2.29. The summed E-state index contributed by atoms with van der Waals surface area (Å²) in [5.41, 5.74) is 7.09. The smallest absolute Gasteiger partial charge is 0.150 e. The number of hydrogen-bond donors (Lipinski definition) is 0. The molecule has 3 aromatic rings. The molecule has 0 fully saturated rings. The second-order valence-corrected chi connectivity index (χ2v) is 6.86. The zero-order valence-corrected chi connectivity index (χ0v) is 15.6. The van der Waals surface area contributed by atoms with Gasteiger partial charge in [0.1, 0.15) is 17.8 Å². The van der Waals surface area contributed by atoms with Crippen LogP contribution in [0.4, 0.5) is 0 Å². The van der Waals surface area contributed by atoms with E-state index < -0.39 is 0 Å². The van der Waals surface area contributed by atoms with Crippen LogP contribution < -0.4 is 9.47 Å². The summed E-state index contributed by atoms with van der Waals surface area (Å²) < 4.78 is 10.9. The van der Waals surface area contributed by atoms with E-state index in [9.17, 15) is 4.79 Å². The molecule has 0 atom stereocenters. The highest BCUT2D eigenvalue weighted by molar-refractivity contribution is 5.81. The SMILES string of the molecule is COc1ccc2c(c1)-c1cc(OC)ccc1C2CCc1ccc(C=O)cc1. The van der Waals surface area contributed by atoms with Crippen LogP contribution in [-0.2, 0) is 6.42 Å². The van der Waals surface area contributed by atoms with E-state index in [2.05, 4.69) is 24.3 Å². The van der Waals surface area contributed by atoms with Gasteiger partial charge in [-0.3, -0.25) is 4.79 Å². The summed E-state index contributed by atoms with van der Waals surface area (Å²) in [6.07, 6.45) is 2.86. The van der Waals surface area contributed by atoms with Gasteiger partial charge in [0.05, 0.1) is 14.2 Å². The molecular formula is C24H22O3. The quantitative estimate of drug-likeness (QED) is 0.564. The highest BCUT2D eigenvalue weighted by Crippen LogP contribution is 2.49. The van der Waals surface area contributed by atoms with Gasteiger partial charge in [-0.05, 0) is 64.9 Å². The van der Waals surface area contributed by atoms with Crippen LogP contribution in [0, 0.1) is 0 Å². The third kappa shape index (κ3) is 3.21. The van der Waals surface area contributed by atoms with E-state index in [4.69, 9.17) is 9.47 Å². The van der Waals surface area contributed by atoms with Gasteiger partial charge in [-0.1, -0.05) is 36.4 Å². The first-order valence-electron chi connectivity index (χ1n) is 9.14. The van der Waals surface area contributed by atoms with Crippen LogP contribution in [0.15, 0.2) is 60.7 Å². The molecule has 1 aliphatic rings. The predicted octanol–water partition coefficient (Wildman–Crippen LogP) is 5.26. The molecule has 3 nitrogen and oxygen atoms in total. The minimum atomic E-state index is 0.345. The van der Waals surface area contributed by atoms with E-state index in [1.165, 1.54) is 27.8 Å². The number of hydrogen-bond acceptors (Lipinski definition) is 3.